The second kappa shape index (κ2) is 8.27. The van der Waals surface area contributed by atoms with E-state index in [1.165, 1.54) is 0 Å². The highest BCUT2D eigenvalue weighted by Crippen LogP contribution is 2.32. The van der Waals surface area contributed by atoms with Crippen LogP contribution in [0, 0.1) is 6.92 Å². The molecule has 0 bridgehead atoms. The van der Waals surface area contributed by atoms with Crippen LogP contribution >= 0.6 is 0 Å². The summed E-state index contributed by atoms with van der Waals surface area (Å²) in [7, 11) is 1.64. The van der Waals surface area contributed by atoms with Crippen molar-refractivity contribution in [2.75, 3.05) is 20.3 Å². The first-order chi connectivity index (χ1) is 13.1. The molecule has 0 spiro atoms. The number of aliphatic hydroxyl groups excluding tert-OH is 1. The number of unbranched alkanes of at least 4 members (excludes halogenated alkanes) is 1. The first-order valence-electron chi connectivity index (χ1n) is 9.11. The fraction of sp³-hybridized carbons (Fsp3) is 0.318. The molecule has 0 aliphatic heterocycles. The number of hydrogen-bond donors (Lipinski definition) is 1. The molecule has 1 aromatic heterocycles. The summed E-state index contributed by atoms with van der Waals surface area (Å²) in [5, 5.41) is 9.75. The van der Waals surface area contributed by atoms with E-state index in [2.05, 4.69) is 4.57 Å². The number of nitrogens with zero attached hydrogens (tertiary/aromatic N) is 1. The zero-order valence-corrected chi connectivity index (χ0v) is 16.0. The molecule has 0 aliphatic carbocycles. The predicted octanol–water partition coefficient (Wildman–Crippen LogP) is 4.30. The zero-order chi connectivity index (χ0) is 19.4. The maximum Gasteiger partial charge on any atom is 0.162 e. The van der Waals surface area contributed by atoms with Crippen LogP contribution in [0.5, 0.6) is 11.5 Å². The summed E-state index contributed by atoms with van der Waals surface area (Å²) in [6, 6.07) is 13.6. The number of carbonyl (C=O) groups is 1. The van der Waals surface area contributed by atoms with Crippen molar-refractivity contribution in [3.8, 4) is 17.2 Å². The maximum absolute atomic E-state index is 12.2. The van der Waals surface area contributed by atoms with Crippen LogP contribution in [0.2, 0.25) is 0 Å². The third-order valence-electron chi connectivity index (χ3n) is 4.68. The van der Waals surface area contributed by atoms with Gasteiger partial charge in [-0.05, 0) is 63.1 Å². The number of ketones is 1. The lowest BCUT2D eigenvalue weighted by Crippen LogP contribution is -2.01. The Morgan fingerprint density at radius 3 is 2.41 bits per heavy atom. The van der Waals surface area contributed by atoms with Gasteiger partial charge in [0.1, 0.15) is 11.5 Å². The van der Waals surface area contributed by atoms with E-state index in [4.69, 9.17) is 14.6 Å². The Labute approximate surface area is 159 Å². The third-order valence-corrected chi connectivity index (χ3v) is 4.68. The van der Waals surface area contributed by atoms with Crippen LogP contribution in [0.1, 0.15) is 35.8 Å². The van der Waals surface area contributed by atoms with E-state index in [9.17, 15) is 4.79 Å². The smallest absolute Gasteiger partial charge is 0.162 e. The molecule has 0 aliphatic rings. The van der Waals surface area contributed by atoms with Crippen molar-refractivity contribution in [3.05, 3.63) is 53.7 Å². The Bertz CT molecular complexity index is 941. The molecule has 0 radical (unpaired) electrons. The quantitative estimate of drug-likeness (QED) is 0.476. The van der Waals surface area contributed by atoms with Gasteiger partial charge >= 0.3 is 0 Å². The van der Waals surface area contributed by atoms with Crippen molar-refractivity contribution in [2.24, 2.45) is 0 Å². The molecule has 2 aromatic carbocycles. The van der Waals surface area contributed by atoms with Gasteiger partial charge in [-0.2, -0.15) is 0 Å². The lowest BCUT2D eigenvalue weighted by atomic mass is 10.1. The SMILES string of the molecule is COc1ccc2c(C(C)=O)c(C)n(-c3ccc(OCCCCO)cc3)c2c1. The normalized spacial score (nSPS) is 11.0. The molecule has 27 heavy (non-hydrogen) atoms. The number of rotatable bonds is 8. The van der Waals surface area contributed by atoms with Crippen LogP contribution in [0.25, 0.3) is 16.6 Å². The molecule has 0 unspecified atom stereocenters. The van der Waals surface area contributed by atoms with E-state index in [1.54, 1.807) is 14.0 Å². The van der Waals surface area contributed by atoms with Gasteiger partial charge in [0, 0.05) is 35.0 Å². The Kier molecular flexibility index (Phi) is 5.81. The minimum absolute atomic E-state index is 0.0465. The number of benzene rings is 2. The first kappa shape index (κ1) is 19.0. The van der Waals surface area contributed by atoms with Gasteiger partial charge < -0.3 is 19.1 Å². The number of aromatic nitrogens is 1. The summed E-state index contributed by atoms with van der Waals surface area (Å²) in [6.45, 7) is 4.32. The summed E-state index contributed by atoms with van der Waals surface area (Å²) < 4.78 is 13.1. The molecule has 0 atom stereocenters. The van der Waals surface area contributed by atoms with Crippen molar-refractivity contribution in [2.45, 2.75) is 26.7 Å². The van der Waals surface area contributed by atoms with Gasteiger partial charge in [0.05, 0.1) is 19.2 Å². The molecule has 5 nitrogen and oxygen atoms in total. The summed E-state index contributed by atoms with van der Waals surface area (Å²) in [5.41, 5.74) is 3.54. The Balaban J connectivity index is 2.00. The largest absolute Gasteiger partial charge is 0.497 e. The van der Waals surface area contributed by atoms with Crippen LogP contribution in [-0.4, -0.2) is 35.8 Å². The standard InChI is InChI=1S/C22H25NO4/c1-15-22(16(2)25)20-11-10-19(26-3)14-21(20)23(15)17-6-8-18(9-7-17)27-13-5-4-12-24/h6-11,14,24H,4-5,12-13H2,1-3H3. The van der Waals surface area contributed by atoms with Crippen molar-refractivity contribution >= 4 is 16.7 Å². The van der Waals surface area contributed by atoms with Crippen LogP contribution < -0.4 is 9.47 Å². The first-order valence-corrected chi connectivity index (χ1v) is 9.11. The molecular formula is C22H25NO4. The number of ether oxygens (including phenoxy) is 2. The Hall–Kier alpha value is -2.79. The molecule has 1 N–H and O–H groups in total. The average molecular weight is 367 g/mol. The molecule has 1 heterocycles. The highest BCUT2D eigenvalue weighted by Gasteiger charge is 2.18. The average Bonchev–Trinajstić information content (AvgIpc) is 2.96. The van der Waals surface area contributed by atoms with Crippen molar-refractivity contribution < 1.29 is 19.4 Å². The van der Waals surface area contributed by atoms with Crippen LogP contribution in [0.4, 0.5) is 0 Å². The van der Waals surface area contributed by atoms with Crippen LogP contribution in [-0.2, 0) is 0 Å². The number of fused-ring (bicyclic) bond motifs is 1. The molecular weight excluding hydrogens is 342 g/mol. The fourth-order valence-electron chi connectivity index (χ4n) is 3.39. The third kappa shape index (κ3) is 3.83. The molecule has 3 aromatic rings. The summed E-state index contributed by atoms with van der Waals surface area (Å²) in [4.78, 5) is 12.2. The van der Waals surface area contributed by atoms with Crippen LogP contribution in [0.15, 0.2) is 42.5 Å². The Morgan fingerprint density at radius 2 is 1.78 bits per heavy atom. The molecule has 0 fully saturated rings. The summed E-state index contributed by atoms with van der Waals surface area (Å²) in [5.74, 6) is 1.58. The van der Waals surface area contributed by atoms with E-state index in [-0.39, 0.29) is 12.4 Å². The number of methoxy groups -OCH3 is 1. The lowest BCUT2D eigenvalue weighted by molar-refractivity contribution is 0.101. The van der Waals surface area contributed by atoms with Crippen LogP contribution in [0.3, 0.4) is 0 Å². The van der Waals surface area contributed by atoms with Crippen molar-refractivity contribution in [1.82, 2.24) is 4.57 Å². The molecule has 0 saturated carbocycles. The van der Waals surface area contributed by atoms with Gasteiger partial charge in [-0.25, -0.2) is 0 Å². The molecule has 3 rings (SSSR count). The highest BCUT2D eigenvalue weighted by atomic mass is 16.5. The monoisotopic (exact) mass is 367 g/mol. The van der Waals surface area contributed by atoms with E-state index >= 15 is 0 Å². The number of hydrogen-bond acceptors (Lipinski definition) is 4. The minimum Gasteiger partial charge on any atom is -0.497 e. The van der Waals surface area contributed by atoms with Crippen molar-refractivity contribution in [1.29, 1.82) is 0 Å². The van der Waals surface area contributed by atoms with Gasteiger partial charge in [-0.15, -0.1) is 0 Å². The second-order valence-corrected chi connectivity index (χ2v) is 6.51. The molecule has 142 valence electrons. The van der Waals surface area contributed by atoms with E-state index in [0.29, 0.717) is 6.61 Å². The minimum atomic E-state index is 0.0465. The van der Waals surface area contributed by atoms with E-state index < -0.39 is 0 Å². The van der Waals surface area contributed by atoms with E-state index in [0.717, 1.165) is 52.2 Å². The van der Waals surface area contributed by atoms with Gasteiger partial charge in [0.15, 0.2) is 5.78 Å². The number of aliphatic hydroxyl groups is 1. The molecule has 0 amide bonds. The van der Waals surface area contributed by atoms with Gasteiger partial charge in [0.25, 0.3) is 0 Å². The molecule has 0 saturated heterocycles. The maximum atomic E-state index is 12.2. The second-order valence-electron chi connectivity index (χ2n) is 6.51. The molecule has 5 heteroatoms. The number of Topliss-reactive ketones (excluding diaryl/α,β-unsaturated/α-hetero) is 1. The summed E-state index contributed by atoms with van der Waals surface area (Å²) in [6.07, 6.45) is 1.56. The zero-order valence-electron chi connectivity index (χ0n) is 16.0. The highest BCUT2D eigenvalue weighted by molar-refractivity contribution is 6.09. The predicted molar refractivity (Wildman–Crippen MR) is 106 cm³/mol. The summed E-state index contributed by atoms with van der Waals surface area (Å²) >= 11 is 0. The van der Waals surface area contributed by atoms with Gasteiger partial charge in [0.2, 0.25) is 0 Å². The van der Waals surface area contributed by atoms with Crippen molar-refractivity contribution in [3.63, 3.8) is 0 Å². The Morgan fingerprint density at radius 1 is 1.07 bits per heavy atom. The van der Waals surface area contributed by atoms with E-state index in [1.807, 2.05) is 49.4 Å². The lowest BCUT2D eigenvalue weighted by Gasteiger charge is -2.11. The topological polar surface area (TPSA) is 60.7 Å². The fourth-order valence-corrected chi connectivity index (χ4v) is 3.39. The van der Waals surface area contributed by atoms with Gasteiger partial charge in [-0.3, -0.25) is 4.79 Å². The van der Waals surface area contributed by atoms with Gasteiger partial charge in [-0.1, -0.05) is 0 Å². The number of carbonyl (C=O) groups excluding carboxylic acids is 1.